The molecule has 1 rings (SSSR count). The standard InChI is InChI=1S/C16H28N4O7/c1-14(22)25-18-6-4-17(12-13-21)5-7-19(26-15(2)23)9-11-20(10-8-18)27-16(3)24/h13H,4-12H2,1-3H3. The van der Waals surface area contributed by atoms with E-state index >= 15 is 0 Å². The molecule has 154 valence electrons. The molecule has 11 heteroatoms. The molecule has 0 amide bonds. The first-order valence-electron chi connectivity index (χ1n) is 8.76. The van der Waals surface area contributed by atoms with Crippen LogP contribution in [0.2, 0.25) is 0 Å². The maximum absolute atomic E-state index is 11.3. The molecule has 0 N–H and O–H groups in total. The minimum atomic E-state index is -0.475. The third-order valence-corrected chi connectivity index (χ3v) is 3.63. The molecule has 1 saturated heterocycles. The van der Waals surface area contributed by atoms with Gasteiger partial charge in [0, 0.05) is 47.0 Å². The summed E-state index contributed by atoms with van der Waals surface area (Å²) in [6.07, 6.45) is 0.792. The van der Waals surface area contributed by atoms with Gasteiger partial charge in [-0.1, -0.05) is 0 Å². The zero-order chi connectivity index (χ0) is 20.2. The Morgan fingerprint density at radius 2 is 0.963 bits per heavy atom. The summed E-state index contributed by atoms with van der Waals surface area (Å²) in [5, 5.41) is 4.38. The lowest BCUT2D eigenvalue weighted by Crippen LogP contribution is -2.47. The quantitative estimate of drug-likeness (QED) is 0.532. The maximum atomic E-state index is 11.3. The summed E-state index contributed by atoms with van der Waals surface area (Å²) in [5.41, 5.74) is 0. The van der Waals surface area contributed by atoms with Crippen molar-refractivity contribution in [3.8, 4) is 0 Å². The second kappa shape index (κ2) is 12.3. The van der Waals surface area contributed by atoms with E-state index in [0.717, 1.165) is 6.29 Å². The van der Waals surface area contributed by atoms with Crippen molar-refractivity contribution in [3.63, 3.8) is 0 Å². The molecule has 0 spiro atoms. The van der Waals surface area contributed by atoms with E-state index in [1.807, 2.05) is 4.90 Å². The van der Waals surface area contributed by atoms with Crippen molar-refractivity contribution >= 4 is 24.2 Å². The van der Waals surface area contributed by atoms with E-state index in [4.69, 9.17) is 14.5 Å². The molecule has 0 atom stereocenters. The molecule has 0 bridgehead atoms. The molecule has 0 aromatic heterocycles. The van der Waals surface area contributed by atoms with Crippen molar-refractivity contribution in [2.45, 2.75) is 20.8 Å². The van der Waals surface area contributed by atoms with E-state index in [1.54, 1.807) is 0 Å². The van der Waals surface area contributed by atoms with Crippen LogP contribution in [0.15, 0.2) is 0 Å². The Morgan fingerprint density at radius 1 is 0.667 bits per heavy atom. The smallest absolute Gasteiger partial charge is 0.322 e. The van der Waals surface area contributed by atoms with Gasteiger partial charge in [0.1, 0.15) is 6.29 Å². The summed E-state index contributed by atoms with van der Waals surface area (Å²) < 4.78 is 0. The van der Waals surface area contributed by atoms with Crippen LogP contribution in [-0.4, -0.2) is 103 Å². The lowest BCUT2D eigenvalue weighted by atomic mass is 10.4. The average Bonchev–Trinajstić information content (AvgIpc) is 2.56. The van der Waals surface area contributed by atoms with Crippen molar-refractivity contribution in [2.75, 3.05) is 58.9 Å². The second-order valence-corrected chi connectivity index (χ2v) is 6.00. The van der Waals surface area contributed by atoms with Gasteiger partial charge in [-0.3, -0.25) is 19.3 Å². The first-order chi connectivity index (χ1) is 12.8. The second-order valence-electron chi connectivity index (χ2n) is 6.00. The van der Waals surface area contributed by atoms with Gasteiger partial charge in [-0.15, -0.1) is 15.2 Å². The lowest BCUT2D eigenvalue weighted by Gasteiger charge is -2.31. The lowest BCUT2D eigenvalue weighted by molar-refractivity contribution is -0.217. The summed E-state index contributed by atoms with van der Waals surface area (Å²) in [4.78, 5) is 62.3. The van der Waals surface area contributed by atoms with Crippen molar-refractivity contribution in [3.05, 3.63) is 0 Å². The number of carbonyl (C=O) groups excluding carboxylic acids is 4. The summed E-state index contributed by atoms with van der Waals surface area (Å²) in [5.74, 6) is -1.38. The maximum Gasteiger partial charge on any atom is 0.322 e. The van der Waals surface area contributed by atoms with Crippen LogP contribution in [-0.2, 0) is 33.7 Å². The van der Waals surface area contributed by atoms with Gasteiger partial charge in [-0.05, 0) is 0 Å². The number of aldehydes is 1. The summed E-state index contributed by atoms with van der Waals surface area (Å²) in [7, 11) is 0. The summed E-state index contributed by atoms with van der Waals surface area (Å²) in [6, 6.07) is 0. The summed E-state index contributed by atoms with van der Waals surface area (Å²) >= 11 is 0. The molecule has 0 radical (unpaired) electrons. The Bertz CT molecular complexity index is 485. The van der Waals surface area contributed by atoms with Gasteiger partial charge in [0.05, 0.1) is 32.7 Å². The van der Waals surface area contributed by atoms with Crippen LogP contribution in [0.25, 0.3) is 0 Å². The Morgan fingerprint density at radius 3 is 1.22 bits per heavy atom. The van der Waals surface area contributed by atoms with Crippen molar-refractivity contribution in [1.29, 1.82) is 0 Å². The fraction of sp³-hybridized carbons (Fsp3) is 0.750. The highest BCUT2D eigenvalue weighted by Crippen LogP contribution is 2.03. The molecule has 0 aromatic carbocycles. The number of rotatable bonds is 5. The van der Waals surface area contributed by atoms with Gasteiger partial charge in [0.15, 0.2) is 0 Å². The van der Waals surface area contributed by atoms with Crippen molar-refractivity contribution in [1.82, 2.24) is 20.1 Å². The molecule has 1 fully saturated rings. The van der Waals surface area contributed by atoms with Gasteiger partial charge in [-0.2, -0.15) is 0 Å². The van der Waals surface area contributed by atoms with E-state index in [0.29, 0.717) is 39.3 Å². The van der Waals surface area contributed by atoms with Crippen LogP contribution in [0.1, 0.15) is 20.8 Å². The van der Waals surface area contributed by atoms with E-state index in [2.05, 4.69) is 0 Å². The van der Waals surface area contributed by atoms with Crippen molar-refractivity contribution in [2.24, 2.45) is 0 Å². The normalized spacial score (nSPS) is 19.4. The Kier molecular flexibility index (Phi) is 10.5. The first-order valence-corrected chi connectivity index (χ1v) is 8.76. The van der Waals surface area contributed by atoms with Crippen LogP contribution in [0, 0.1) is 0 Å². The number of carbonyl (C=O) groups is 4. The molecule has 0 aliphatic carbocycles. The van der Waals surface area contributed by atoms with E-state index in [1.165, 1.54) is 36.0 Å². The molecular formula is C16H28N4O7. The fourth-order valence-corrected chi connectivity index (χ4v) is 2.51. The van der Waals surface area contributed by atoms with E-state index < -0.39 is 17.9 Å². The molecule has 1 aliphatic rings. The Hall–Kier alpha value is -2.08. The van der Waals surface area contributed by atoms with Crippen LogP contribution < -0.4 is 0 Å². The van der Waals surface area contributed by atoms with Gasteiger partial charge < -0.3 is 19.3 Å². The van der Waals surface area contributed by atoms with Crippen molar-refractivity contribution < 1.29 is 33.7 Å². The van der Waals surface area contributed by atoms with Crippen LogP contribution in [0.5, 0.6) is 0 Å². The minimum Gasteiger partial charge on any atom is -0.368 e. The zero-order valence-electron chi connectivity index (χ0n) is 16.1. The van der Waals surface area contributed by atoms with Crippen LogP contribution in [0.3, 0.4) is 0 Å². The van der Waals surface area contributed by atoms with Gasteiger partial charge in [0.2, 0.25) is 0 Å². The van der Waals surface area contributed by atoms with Gasteiger partial charge in [0.25, 0.3) is 0 Å². The average molecular weight is 388 g/mol. The summed E-state index contributed by atoms with van der Waals surface area (Å²) in [6.45, 7) is 6.96. The topological polar surface area (TPSA) is 109 Å². The number of hydrogen-bond donors (Lipinski definition) is 0. The highest BCUT2D eigenvalue weighted by Gasteiger charge is 2.20. The number of hydroxylamine groups is 6. The van der Waals surface area contributed by atoms with Gasteiger partial charge >= 0.3 is 17.9 Å². The molecule has 0 unspecified atom stereocenters. The third kappa shape index (κ3) is 10.6. The molecular weight excluding hydrogens is 360 g/mol. The fourth-order valence-electron chi connectivity index (χ4n) is 2.51. The largest absolute Gasteiger partial charge is 0.368 e. The predicted octanol–water partition coefficient (Wildman–Crippen LogP) is -1.16. The monoisotopic (exact) mass is 388 g/mol. The highest BCUT2D eigenvalue weighted by molar-refractivity contribution is 5.66. The predicted molar refractivity (Wildman–Crippen MR) is 92.5 cm³/mol. The number of nitrogens with zero attached hydrogens (tertiary/aromatic N) is 4. The third-order valence-electron chi connectivity index (χ3n) is 3.63. The minimum absolute atomic E-state index is 0.210. The highest BCUT2D eigenvalue weighted by atomic mass is 16.7. The molecule has 0 saturated carbocycles. The SMILES string of the molecule is CC(=O)ON1CCN(CC=O)CCN(OC(C)=O)CCN(OC(C)=O)CC1. The zero-order valence-corrected chi connectivity index (χ0v) is 16.1. The Balaban J connectivity index is 2.86. The number of hydrogen-bond acceptors (Lipinski definition) is 11. The molecule has 1 heterocycles. The van der Waals surface area contributed by atoms with Crippen LogP contribution >= 0.6 is 0 Å². The molecule has 27 heavy (non-hydrogen) atoms. The van der Waals surface area contributed by atoms with E-state index in [-0.39, 0.29) is 19.6 Å². The molecule has 0 aromatic rings. The molecule has 1 aliphatic heterocycles. The Labute approximate surface area is 158 Å². The first kappa shape index (κ1) is 23.0. The van der Waals surface area contributed by atoms with Gasteiger partial charge in [-0.25, -0.2) is 0 Å². The molecule has 11 nitrogen and oxygen atoms in total. The van der Waals surface area contributed by atoms with E-state index in [9.17, 15) is 19.2 Å². The van der Waals surface area contributed by atoms with Crippen LogP contribution in [0.4, 0.5) is 0 Å².